The molecule has 1 atom stereocenters. The van der Waals surface area contributed by atoms with Gasteiger partial charge in [0.25, 0.3) is 0 Å². The minimum atomic E-state index is -0.125. The van der Waals surface area contributed by atoms with E-state index in [0.29, 0.717) is 25.6 Å². The molecule has 0 aliphatic heterocycles. The summed E-state index contributed by atoms with van der Waals surface area (Å²) in [7, 11) is 0. The van der Waals surface area contributed by atoms with Gasteiger partial charge in [0.2, 0.25) is 5.91 Å². The summed E-state index contributed by atoms with van der Waals surface area (Å²) in [6, 6.07) is 7.13. The zero-order valence-electron chi connectivity index (χ0n) is 16.1. The van der Waals surface area contributed by atoms with Crippen molar-refractivity contribution in [1.29, 1.82) is 0 Å². The molecule has 0 saturated heterocycles. The number of esters is 1. The van der Waals surface area contributed by atoms with Crippen molar-refractivity contribution in [3.05, 3.63) is 24.3 Å². The summed E-state index contributed by atoms with van der Waals surface area (Å²) in [4.78, 5) is 22.9. The number of carbonyl (C=O) groups excluding carboxylic acids is 2. The first kappa shape index (κ1) is 22.0. The number of hydrogen-bond donors (Lipinski definition) is 1. The highest BCUT2D eigenvalue weighted by Gasteiger charge is 2.16. The van der Waals surface area contributed by atoms with Crippen LogP contribution in [0.5, 0.6) is 5.75 Å². The Labute approximate surface area is 156 Å². The van der Waals surface area contributed by atoms with Crippen LogP contribution in [-0.4, -0.2) is 38.3 Å². The molecule has 0 aromatic heterocycles. The minimum Gasteiger partial charge on any atom is -0.491 e. The van der Waals surface area contributed by atoms with E-state index in [1.807, 2.05) is 6.92 Å². The first-order chi connectivity index (χ1) is 12.6. The summed E-state index contributed by atoms with van der Waals surface area (Å²) in [6.45, 7) is 7.04. The lowest BCUT2D eigenvalue weighted by Crippen LogP contribution is -2.20. The van der Waals surface area contributed by atoms with Crippen LogP contribution in [0.15, 0.2) is 24.3 Å². The second-order valence-electron chi connectivity index (χ2n) is 6.08. The van der Waals surface area contributed by atoms with Crippen molar-refractivity contribution >= 4 is 17.6 Å². The van der Waals surface area contributed by atoms with Crippen molar-refractivity contribution in [2.24, 2.45) is 5.92 Å². The van der Waals surface area contributed by atoms with Crippen LogP contribution in [0.4, 0.5) is 5.69 Å². The standard InChI is InChI=1S/C20H31NO5/c1-4-6-7-17(5-2)20(23)26-15-13-24-12-14-25-19-10-8-18(9-11-19)21-16(3)22/h8-11,17H,4-7,12-15H2,1-3H3,(H,21,22). The van der Waals surface area contributed by atoms with Gasteiger partial charge in [-0.15, -0.1) is 0 Å². The summed E-state index contributed by atoms with van der Waals surface area (Å²) in [5.41, 5.74) is 0.729. The lowest BCUT2D eigenvalue weighted by Gasteiger charge is -2.13. The topological polar surface area (TPSA) is 73.9 Å². The van der Waals surface area contributed by atoms with Gasteiger partial charge in [-0.3, -0.25) is 9.59 Å². The molecule has 6 heteroatoms. The van der Waals surface area contributed by atoms with E-state index in [-0.39, 0.29) is 24.4 Å². The molecule has 1 rings (SSSR count). The lowest BCUT2D eigenvalue weighted by molar-refractivity contribution is -0.150. The molecule has 0 aliphatic carbocycles. The maximum Gasteiger partial charge on any atom is 0.308 e. The Hall–Kier alpha value is -2.08. The van der Waals surface area contributed by atoms with Crippen LogP contribution in [0.25, 0.3) is 0 Å². The third-order valence-electron chi connectivity index (χ3n) is 3.88. The second kappa shape index (κ2) is 13.2. The van der Waals surface area contributed by atoms with Crippen molar-refractivity contribution in [3.63, 3.8) is 0 Å². The smallest absolute Gasteiger partial charge is 0.308 e. The Morgan fingerprint density at radius 2 is 1.73 bits per heavy atom. The monoisotopic (exact) mass is 365 g/mol. The molecule has 0 fully saturated rings. The van der Waals surface area contributed by atoms with Crippen molar-refractivity contribution in [1.82, 2.24) is 0 Å². The van der Waals surface area contributed by atoms with E-state index in [1.165, 1.54) is 6.92 Å². The van der Waals surface area contributed by atoms with Crippen LogP contribution in [-0.2, 0) is 19.1 Å². The minimum absolute atomic E-state index is 0.00116. The van der Waals surface area contributed by atoms with E-state index in [9.17, 15) is 9.59 Å². The molecule has 0 heterocycles. The van der Waals surface area contributed by atoms with Gasteiger partial charge in [-0.25, -0.2) is 0 Å². The number of rotatable bonds is 13. The number of anilines is 1. The van der Waals surface area contributed by atoms with Crippen LogP contribution in [0.2, 0.25) is 0 Å². The molecule has 0 radical (unpaired) electrons. The van der Waals surface area contributed by atoms with Gasteiger partial charge >= 0.3 is 5.97 Å². The summed E-state index contributed by atoms with van der Waals surface area (Å²) < 4.78 is 16.2. The fourth-order valence-electron chi connectivity index (χ4n) is 2.42. The quantitative estimate of drug-likeness (QED) is 0.425. The predicted molar refractivity (Wildman–Crippen MR) is 101 cm³/mol. The Kier molecular flexibility index (Phi) is 11.1. The van der Waals surface area contributed by atoms with Gasteiger partial charge in [-0.1, -0.05) is 26.7 Å². The van der Waals surface area contributed by atoms with Crippen LogP contribution in [0.1, 0.15) is 46.5 Å². The van der Waals surface area contributed by atoms with Gasteiger partial charge in [0.1, 0.15) is 19.0 Å². The van der Waals surface area contributed by atoms with Crippen molar-refractivity contribution in [2.75, 3.05) is 31.7 Å². The third-order valence-corrected chi connectivity index (χ3v) is 3.88. The molecule has 1 aromatic rings. The van der Waals surface area contributed by atoms with E-state index < -0.39 is 0 Å². The average Bonchev–Trinajstić information content (AvgIpc) is 2.62. The first-order valence-electron chi connectivity index (χ1n) is 9.31. The van der Waals surface area contributed by atoms with Crippen molar-refractivity contribution in [3.8, 4) is 5.75 Å². The lowest BCUT2D eigenvalue weighted by atomic mass is 10.00. The second-order valence-corrected chi connectivity index (χ2v) is 6.08. The average molecular weight is 365 g/mol. The molecule has 1 unspecified atom stereocenters. The van der Waals surface area contributed by atoms with E-state index in [4.69, 9.17) is 14.2 Å². The molecule has 6 nitrogen and oxygen atoms in total. The molecule has 1 aromatic carbocycles. The van der Waals surface area contributed by atoms with Gasteiger partial charge in [0.05, 0.1) is 19.1 Å². The molecular formula is C20H31NO5. The summed E-state index contributed by atoms with van der Waals surface area (Å²) in [6.07, 6.45) is 3.84. The Bertz CT molecular complexity index is 530. The highest BCUT2D eigenvalue weighted by atomic mass is 16.6. The molecule has 1 N–H and O–H groups in total. The van der Waals surface area contributed by atoms with Crippen LogP contribution in [0.3, 0.4) is 0 Å². The number of hydrogen-bond acceptors (Lipinski definition) is 5. The van der Waals surface area contributed by atoms with Gasteiger partial charge in [0, 0.05) is 12.6 Å². The van der Waals surface area contributed by atoms with Crippen molar-refractivity contribution in [2.45, 2.75) is 46.5 Å². The number of benzene rings is 1. The maximum absolute atomic E-state index is 11.9. The van der Waals surface area contributed by atoms with E-state index in [0.717, 1.165) is 31.4 Å². The number of ether oxygens (including phenoxy) is 3. The number of nitrogens with one attached hydrogen (secondary N) is 1. The van der Waals surface area contributed by atoms with Gasteiger partial charge < -0.3 is 19.5 Å². The van der Waals surface area contributed by atoms with Gasteiger partial charge in [-0.05, 0) is 37.1 Å². The first-order valence-corrected chi connectivity index (χ1v) is 9.31. The fourth-order valence-corrected chi connectivity index (χ4v) is 2.42. The summed E-state index contributed by atoms with van der Waals surface area (Å²) in [5, 5.41) is 2.69. The van der Waals surface area contributed by atoms with E-state index in [1.54, 1.807) is 24.3 Å². The SMILES string of the molecule is CCCCC(CC)C(=O)OCCOCCOc1ccc(NC(C)=O)cc1. The molecule has 0 saturated carbocycles. The predicted octanol–water partition coefficient (Wildman–Crippen LogP) is 3.80. The largest absolute Gasteiger partial charge is 0.491 e. The summed E-state index contributed by atoms with van der Waals surface area (Å²) >= 11 is 0. The number of unbranched alkanes of at least 4 members (excludes halogenated alkanes) is 1. The Morgan fingerprint density at radius 1 is 1.04 bits per heavy atom. The Morgan fingerprint density at radius 3 is 2.35 bits per heavy atom. The van der Waals surface area contributed by atoms with Gasteiger partial charge in [0.15, 0.2) is 0 Å². The molecule has 0 aliphatic rings. The molecular weight excluding hydrogens is 334 g/mol. The Balaban J connectivity index is 2.10. The zero-order valence-corrected chi connectivity index (χ0v) is 16.1. The highest BCUT2D eigenvalue weighted by Crippen LogP contribution is 2.16. The van der Waals surface area contributed by atoms with E-state index in [2.05, 4.69) is 12.2 Å². The number of amides is 1. The van der Waals surface area contributed by atoms with Crippen molar-refractivity contribution < 1.29 is 23.8 Å². The molecule has 1 amide bonds. The fraction of sp³-hybridized carbons (Fsp3) is 0.600. The van der Waals surface area contributed by atoms with E-state index >= 15 is 0 Å². The molecule has 0 bridgehead atoms. The third kappa shape index (κ3) is 9.42. The molecule has 146 valence electrons. The van der Waals surface area contributed by atoms with Crippen LogP contribution < -0.4 is 10.1 Å². The maximum atomic E-state index is 11.9. The zero-order chi connectivity index (χ0) is 19.2. The normalized spacial score (nSPS) is 11.7. The number of carbonyl (C=O) groups is 2. The van der Waals surface area contributed by atoms with Crippen LogP contribution in [0, 0.1) is 5.92 Å². The molecule has 26 heavy (non-hydrogen) atoms. The van der Waals surface area contributed by atoms with Gasteiger partial charge in [-0.2, -0.15) is 0 Å². The molecule has 0 spiro atoms. The highest BCUT2D eigenvalue weighted by molar-refractivity contribution is 5.88. The summed E-state index contributed by atoms with van der Waals surface area (Å²) in [5.74, 6) is 0.470. The van der Waals surface area contributed by atoms with Crippen LogP contribution >= 0.6 is 0 Å².